The SMILES string of the molecule is CN(Cc1cccc(C#CCN)c1)C1CCS(=O)(=O)C1. The minimum absolute atomic E-state index is 0.124. The molecule has 0 spiro atoms. The molecular weight excluding hydrogens is 272 g/mol. The second-order valence-electron chi connectivity index (χ2n) is 5.18. The first-order valence-electron chi connectivity index (χ1n) is 6.69. The highest BCUT2D eigenvalue weighted by Crippen LogP contribution is 2.18. The molecule has 20 heavy (non-hydrogen) atoms. The van der Waals surface area contributed by atoms with Crippen molar-refractivity contribution in [2.24, 2.45) is 5.73 Å². The van der Waals surface area contributed by atoms with Crippen LogP contribution in [0.3, 0.4) is 0 Å². The second kappa shape index (κ2) is 6.40. The van der Waals surface area contributed by atoms with Crippen LogP contribution in [0, 0.1) is 11.8 Å². The Morgan fingerprint density at radius 1 is 1.45 bits per heavy atom. The molecule has 0 aromatic heterocycles. The lowest BCUT2D eigenvalue weighted by molar-refractivity contribution is 0.254. The van der Waals surface area contributed by atoms with E-state index >= 15 is 0 Å². The van der Waals surface area contributed by atoms with Gasteiger partial charge in [0.25, 0.3) is 0 Å². The van der Waals surface area contributed by atoms with Crippen molar-refractivity contribution in [3.05, 3.63) is 35.4 Å². The van der Waals surface area contributed by atoms with Gasteiger partial charge in [0.15, 0.2) is 9.84 Å². The minimum atomic E-state index is -2.83. The number of hydrogen-bond acceptors (Lipinski definition) is 4. The zero-order chi connectivity index (χ0) is 14.6. The number of nitrogens with two attached hydrogens (primary N) is 1. The summed E-state index contributed by atoms with van der Waals surface area (Å²) in [5, 5.41) is 0. The molecule has 1 unspecified atom stereocenters. The number of hydrogen-bond donors (Lipinski definition) is 1. The monoisotopic (exact) mass is 292 g/mol. The molecule has 2 N–H and O–H groups in total. The van der Waals surface area contributed by atoms with Gasteiger partial charge in [0.05, 0.1) is 18.1 Å². The van der Waals surface area contributed by atoms with E-state index < -0.39 is 9.84 Å². The van der Waals surface area contributed by atoms with Crippen molar-refractivity contribution in [3.63, 3.8) is 0 Å². The van der Waals surface area contributed by atoms with Crippen molar-refractivity contribution in [2.45, 2.75) is 19.0 Å². The molecule has 1 aliphatic rings. The summed E-state index contributed by atoms with van der Waals surface area (Å²) in [6.07, 6.45) is 0.728. The highest BCUT2D eigenvalue weighted by atomic mass is 32.2. The molecule has 0 aliphatic carbocycles. The largest absolute Gasteiger partial charge is 0.320 e. The molecule has 1 aliphatic heterocycles. The minimum Gasteiger partial charge on any atom is -0.320 e. The molecule has 0 amide bonds. The lowest BCUT2D eigenvalue weighted by atomic mass is 10.1. The average Bonchev–Trinajstić information content (AvgIpc) is 2.77. The normalized spacial score (nSPS) is 20.6. The molecule has 1 saturated heterocycles. The average molecular weight is 292 g/mol. The van der Waals surface area contributed by atoms with E-state index in [4.69, 9.17) is 5.73 Å². The molecule has 108 valence electrons. The third kappa shape index (κ3) is 4.07. The van der Waals surface area contributed by atoms with E-state index in [1.54, 1.807) is 0 Å². The van der Waals surface area contributed by atoms with Gasteiger partial charge in [0.1, 0.15) is 0 Å². The van der Waals surface area contributed by atoms with Crippen LogP contribution in [0.2, 0.25) is 0 Å². The predicted molar refractivity (Wildman–Crippen MR) is 80.9 cm³/mol. The molecule has 1 heterocycles. The maximum Gasteiger partial charge on any atom is 0.151 e. The second-order valence-corrected chi connectivity index (χ2v) is 7.41. The first-order valence-corrected chi connectivity index (χ1v) is 8.51. The highest BCUT2D eigenvalue weighted by Gasteiger charge is 2.30. The Kier molecular flexibility index (Phi) is 4.81. The third-order valence-electron chi connectivity index (χ3n) is 3.53. The van der Waals surface area contributed by atoms with Crippen LogP contribution in [0.1, 0.15) is 17.5 Å². The summed E-state index contributed by atoms with van der Waals surface area (Å²) in [5.74, 6) is 6.43. The molecule has 1 fully saturated rings. The van der Waals surface area contributed by atoms with E-state index in [9.17, 15) is 8.42 Å². The van der Waals surface area contributed by atoms with Crippen LogP contribution >= 0.6 is 0 Å². The van der Waals surface area contributed by atoms with E-state index in [0.29, 0.717) is 12.3 Å². The zero-order valence-corrected chi connectivity index (χ0v) is 12.5. The van der Waals surface area contributed by atoms with Gasteiger partial charge in [0.2, 0.25) is 0 Å². The molecule has 4 nitrogen and oxygen atoms in total. The fourth-order valence-corrected chi connectivity index (χ4v) is 4.25. The summed E-state index contributed by atoms with van der Waals surface area (Å²) < 4.78 is 23.0. The van der Waals surface area contributed by atoms with Gasteiger partial charge in [-0.1, -0.05) is 24.0 Å². The van der Waals surface area contributed by atoms with E-state index in [1.807, 2.05) is 31.3 Å². The summed E-state index contributed by atoms with van der Waals surface area (Å²) in [7, 11) is -0.855. The van der Waals surface area contributed by atoms with Crippen molar-refractivity contribution in [3.8, 4) is 11.8 Å². The number of sulfone groups is 1. The van der Waals surface area contributed by atoms with Gasteiger partial charge in [-0.25, -0.2) is 8.42 Å². The van der Waals surface area contributed by atoms with Crippen LogP contribution in [0.15, 0.2) is 24.3 Å². The Balaban J connectivity index is 2.03. The zero-order valence-electron chi connectivity index (χ0n) is 11.7. The van der Waals surface area contributed by atoms with Crippen molar-refractivity contribution >= 4 is 9.84 Å². The quantitative estimate of drug-likeness (QED) is 0.829. The fourth-order valence-electron chi connectivity index (χ4n) is 2.44. The Morgan fingerprint density at radius 3 is 2.90 bits per heavy atom. The maximum atomic E-state index is 11.5. The van der Waals surface area contributed by atoms with Crippen molar-refractivity contribution in [1.82, 2.24) is 4.90 Å². The first-order chi connectivity index (χ1) is 9.50. The molecule has 0 bridgehead atoms. The van der Waals surface area contributed by atoms with Gasteiger partial charge in [0, 0.05) is 18.2 Å². The van der Waals surface area contributed by atoms with E-state index in [2.05, 4.69) is 16.7 Å². The van der Waals surface area contributed by atoms with Crippen LogP contribution in [0.25, 0.3) is 0 Å². The molecule has 0 saturated carbocycles. The molecule has 2 rings (SSSR count). The smallest absolute Gasteiger partial charge is 0.151 e. The van der Waals surface area contributed by atoms with Gasteiger partial charge in [-0.05, 0) is 31.2 Å². The predicted octanol–water partition coefficient (Wildman–Crippen LogP) is 0.616. The standard InChI is InChI=1S/C15H20N2O2S/c1-17(15-7-9-20(18,19)12-15)11-14-5-2-4-13(10-14)6-3-8-16/h2,4-5,10,15H,7-9,11-12,16H2,1H3. The Labute approximate surface area is 120 Å². The number of benzene rings is 1. The van der Waals surface area contributed by atoms with Gasteiger partial charge in [-0.3, -0.25) is 4.90 Å². The van der Waals surface area contributed by atoms with Crippen molar-refractivity contribution < 1.29 is 8.42 Å². The number of rotatable bonds is 3. The van der Waals surface area contributed by atoms with Crippen molar-refractivity contribution in [2.75, 3.05) is 25.1 Å². The lowest BCUT2D eigenvalue weighted by Crippen LogP contribution is -2.32. The number of nitrogens with zero attached hydrogens (tertiary/aromatic N) is 1. The molecule has 1 atom stereocenters. The van der Waals surface area contributed by atoms with Crippen LogP contribution < -0.4 is 5.73 Å². The van der Waals surface area contributed by atoms with E-state index in [-0.39, 0.29) is 11.8 Å². The van der Waals surface area contributed by atoms with Gasteiger partial charge >= 0.3 is 0 Å². The van der Waals surface area contributed by atoms with Gasteiger partial charge in [-0.15, -0.1) is 0 Å². The molecule has 0 radical (unpaired) electrons. The van der Waals surface area contributed by atoms with E-state index in [0.717, 1.165) is 24.1 Å². The first kappa shape index (κ1) is 15.0. The Morgan fingerprint density at radius 2 is 2.25 bits per heavy atom. The lowest BCUT2D eigenvalue weighted by Gasteiger charge is -2.23. The summed E-state index contributed by atoms with van der Waals surface area (Å²) >= 11 is 0. The van der Waals surface area contributed by atoms with Crippen LogP contribution in [-0.2, 0) is 16.4 Å². The van der Waals surface area contributed by atoms with Gasteiger partial charge in [-0.2, -0.15) is 0 Å². The summed E-state index contributed by atoms with van der Waals surface area (Å²) in [6.45, 7) is 1.09. The summed E-state index contributed by atoms with van der Waals surface area (Å²) in [5.41, 5.74) is 7.45. The molecule has 1 aromatic carbocycles. The fraction of sp³-hybridized carbons (Fsp3) is 0.467. The van der Waals surface area contributed by atoms with Crippen LogP contribution in [-0.4, -0.2) is 44.5 Å². The molecular formula is C15H20N2O2S. The maximum absolute atomic E-state index is 11.5. The van der Waals surface area contributed by atoms with Gasteiger partial charge < -0.3 is 5.73 Å². The van der Waals surface area contributed by atoms with Crippen LogP contribution in [0.4, 0.5) is 0 Å². The topological polar surface area (TPSA) is 63.4 Å². The molecule has 5 heteroatoms. The summed E-state index contributed by atoms with van der Waals surface area (Å²) in [6, 6.07) is 8.11. The molecule has 1 aromatic rings. The third-order valence-corrected chi connectivity index (χ3v) is 5.28. The summed E-state index contributed by atoms with van der Waals surface area (Å²) in [4.78, 5) is 2.11. The van der Waals surface area contributed by atoms with E-state index in [1.165, 1.54) is 0 Å². The Hall–Kier alpha value is -1.35. The van der Waals surface area contributed by atoms with Crippen molar-refractivity contribution in [1.29, 1.82) is 0 Å². The Bertz CT molecular complexity index is 629. The van der Waals surface area contributed by atoms with Crippen LogP contribution in [0.5, 0.6) is 0 Å². The highest BCUT2D eigenvalue weighted by molar-refractivity contribution is 7.91.